The third-order valence-corrected chi connectivity index (χ3v) is 5.64. The van der Waals surface area contributed by atoms with Gasteiger partial charge in [-0.05, 0) is 38.2 Å². The van der Waals surface area contributed by atoms with E-state index >= 15 is 0 Å². The van der Waals surface area contributed by atoms with Crippen LogP contribution < -0.4 is 11.0 Å². The van der Waals surface area contributed by atoms with Crippen LogP contribution in [0.2, 0.25) is 0 Å². The van der Waals surface area contributed by atoms with Crippen molar-refractivity contribution < 1.29 is 4.79 Å². The van der Waals surface area contributed by atoms with Crippen LogP contribution in [0, 0.1) is 19.8 Å². The molecule has 0 bridgehead atoms. The summed E-state index contributed by atoms with van der Waals surface area (Å²) < 4.78 is 0. The molecule has 24 heavy (non-hydrogen) atoms. The Morgan fingerprint density at radius 3 is 2.88 bits per heavy atom. The molecule has 7 heteroatoms. The van der Waals surface area contributed by atoms with Crippen LogP contribution in [0.1, 0.15) is 48.4 Å². The Kier molecular flexibility index (Phi) is 5.08. The zero-order valence-corrected chi connectivity index (χ0v) is 14.8. The van der Waals surface area contributed by atoms with Crippen molar-refractivity contribution in [1.29, 1.82) is 0 Å². The molecule has 0 saturated heterocycles. The number of hydrogen-bond donors (Lipinski definition) is 2. The molecular weight excluding hydrogens is 324 g/mol. The summed E-state index contributed by atoms with van der Waals surface area (Å²) in [4.78, 5) is 33.0. The minimum absolute atomic E-state index is 0.0170. The molecule has 0 atom stereocenters. The van der Waals surface area contributed by atoms with E-state index in [0.717, 1.165) is 23.3 Å². The maximum Gasteiger partial charge on any atom is 0.259 e. The largest absolute Gasteiger partial charge is 0.309 e. The molecule has 0 unspecified atom stereocenters. The minimum Gasteiger partial charge on any atom is -0.309 e. The van der Waals surface area contributed by atoms with E-state index in [1.807, 2.05) is 20.1 Å². The fourth-order valence-corrected chi connectivity index (χ4v) is 4.12. The van der Waals surface area contributed by atoms with Crippen LogP contribution in [-0.4, -0.2) is 22.1 Å². The van der Waals surface area contributed by atoms with Gasteiger partial charge in [-0.2, -0.15) is 5.10 Å². The first kappa shape index (κ1) is 16.8. The molecule has 2 N–H and O–H groups in total. The van der Waals surface area contributed by atoms with Gasteiger partial charge < -0.3 is 4.98 Å². The zero-order chi connectivity index (χ0) is 17.1. The normalized spacial score (nSPS) is 16.1. The first-order chi connectivity index (χ1) is 11.5. The van der Waals surface area contributed by atoms with Crippen molar-refractivity contribution in [3.8, 4) is 0 Å². The fourth-order valence-electron chi connectivity index (χ4n) is 3.07. The monoisotopic (exact) mass is 346 g/mol. The van der Waals surface area contributed by atoms with E-state index in [1.54, 1.807) is 0 Å². The minimum atomic E-state index is -0.269. The van der Waals surface area contributed by atoms with E-state index in [4.69, 9.17) is 0 Å². The highest BCUT2D eigenvalue weighted by atomic mass is 32.1. The number of fused-ring (bicyclic) bond motifs is 1. The summed E-state index contributed by atoms with van der Waals surface area (Å²) in [6.45, 7) is 3.88. The van der Waals surface area contributed by atoms with E-state index in [-0.39, 0.29) is 17.9 Å². The van der Waals surface area contributed by atoms with E-state index in [9.17, 15) is 9.59 Å². The van der Waals surface area contributed by atoms with Crippen molar-refractivity contribution >= 4 is 33.7 Å². The van der Waals surface area contributed by atoms with Gasteiger partial charge in [0.1, 0.15) is 10.7 Å². The van der Waals surface area contributed by atoms with Crippen molar-refractivity contribution in [1.82, 2.24) is 15.4 Å². The molecule has 1 fully saturated rings. The number of aromatic amines is 1. The molecule has 1 aliphatic carbocycles. The highest BCUT2D eigenvalue weighted by Crippen LogP contribution is 2.25. The summed E-state index contributed by atoms with van der Waals surface area (Å²) >= 11 is 1.48. The molecule has 0 spiro atoms. The summed E-state index contributed by atoms with van der Waals surface area (Å²) in [5.41, 5.74) is 3.30. The molecule has 1 aliphatic rings. The van der Waals surface area contributed by atoms with Crippen LogP contribution in [0.5, 0.6) is 0 Å². The predicted octanol–water partition coefficient (Wildman–Crippen LogP) is 2.83. The van der Waals surface area contributed by atoms with Crippen LogP contribution in [0.3, 0.4) is 0 Å². The Balaban J connectivity index is 1.65. The van der Waals surface area contributed by atoms with Gasteiger partial charge in [-0.15, -0.1) is 11.3 Å². The molecule has 2 aromatic heterocycles. The van der Waals surface area contributed by atoms with Gasteiger partial charge in [0.2, 0.25) is 5.91 Å². The molecule has 2 aromatic rings. The molecule has 3 rings (SSSR count). The number of hydrazone groups is 1. The molecule has 2 heterocycles. The van der Waals surface area contributed by atoms with Gasteiger partial charge >= 0.3 is 0 Å². The first-order valence-electron chi connectivity index (χ1n) is 8.35. The maximum atomic E-state index is 12.2. The van der Waals surface area contributed by atoms with E-state index < -0.39 is 0 Å². The SMILES string of the molecule is Cc1sc2nc(CC(=O)N/N=C/C3CCCCC3)[nH]c(=O)c2c1C. The fraction of sp³-hybridized carbons (Fsp3) is 0.529. The highest BCUT2D eigenvalue weighted by molar-refractivity contribution is 7.18. The van der Waals surface area contributed by atoms with Crippen LogP contribution in [-0.2, 0) is 11.2 Å². The van der Waals surface area contributed by atoms with Crippen molar-refractivity contribution in [3.05, 3.63) is 26.6 Å². The molecule has 6 nitrogen and oxygen atoms in total. The van der Waals surface area contributed by atoms with Gasteiger partial charge in [0, 0.05) is 11.1 Å². The van der Waals surface area contributed by atoms with Crippen molar-refractivity contribution in [2.75, 3.05) is 0 Å². The zero-order valence-electron chi connectivity index (χ0n) is 14.0. The number of thiophene rings is 1. The number of nitrogens with one attached hydrogen (secondary N) is 2. The number of amides is 1. The number of carbonyl (C=O) groups is 1. The molecule has 0 radical (unpaired) electrons. The maximum absolute atomic E-state index is 12.2. The lowest BCUT2D eigenvalue weighted by molar-refractivity contribution is -0.120. The summed E-state index contributed by atoms with van der Waals surface area (Å²) in [6.07, 6.45) is 7.89. The Morgan fingerprint density at radius 1 is 1.38 bits per heavy atom. The van der Waals surface area contributed by atoms with E-state index in [0.29, 0.717) is 22.0 Å². The topological polar surface area (TPSA) is 87.2 Å². The number of H-pyrrole nitrogens is 1. The molecule has 1 amide bonds. The standard InChI is InChI=1S/C17H22N4O2S/c1-10-11(2)24-17-15(10)16(23)19-13(20-17)8-14(22)21-18-9-12-6-4-3-5-7-12/h9,12H,3-8H2,1-2H3,(H,21,22)(H,19,20,23)/b18-9+. The number of rotatable bonds is 4. The van der Waals surface area contributed by atoms with Gasteiger partial charge in [0.25, 0.3) is 5.56 Å². The second-order valence-corrected chi connectivity index (χ2v) is 7.57. The quantitative estimate of drug-likeness (QED) is 0.659. The van der Waals surface area contributed by atoms with Gasteiger partial charge in [-0.1, -0.05) is 19.3 Å². The summed E-state index contributed by atoms with van der Waals surface area (Å²) in [5.74, 6) is 0.569. The van der Waals surface area contributed by atoms with Gasteiger partial charge in [0.05, 0.1) is 11.8 Å². The predicted molar refractivity (Wildman–Crippen MR) is 96.6 cm³/mol. The highest BCUT2D eigenvalue weighted by Gasteiger charge is 2.14. The third-order valence-electron chi connectivity index (χ3n) is 4.54. The number of aryl methyl sites for hydroxylation is 2. The first-order valence-corrected chi connectivity index (χ1v) is 9.17. The average molecular weight is 346 g/mol. The molecule has 0 aliphatic heterocycles. The van der Waals surface area contributed by atoms with Crippen LogP contribution >= 0.6 is 11.3 Å². The molecule has 0 aromatic carbocycles. The van der Waals surface area contributed by atoms with Crippen molar-refractivity contribution in [2.24, 2.45) is 11.0 Å². The summed E-state index contributed by atoms with van der Waals surface area (Å²) in [6, 6.07) is 0. The average Bonchev–Trinajstić information content (AvgIpc) is 2.83. The number of hydrogen-bond acceptors (Lipinski definition) is 5. The van der Waals surface area contributed by atoms with E-state index in [2.05, 4.69) is 20.5 Å². The van der Waals surface area contributed by atoms with Gasteiger partial charge in [-0.25, -0.2) is 10.4 Å². The molecule has 128 valence electrons. The lowest BCUT2D eigenvalue weighted by Gasteiger charge is -2.16. The number of aromatic nitrogens is 2. The Morgan fingerprint density at radius 2 is 2.12 bits per heavy atom. The molecule has 1 saturated carbocycles. The van der Waals surface area contributed by atoms with Crippen LogP contribution in [0.4, 0.5) is 0 Å². The number of carbonyl (C=O) groups excluding carboxylic acids is 1. The number of nitrogens with zero attached hydrogens (tertiary/aromatic N) is 2. The lowest BCUT2D eigenvalue weighted by Crippen LogP contribution is -2.23. The second kappa shape index (κ2) is 7.25. The summed E-state index contributed by atoms with van der Waals surface area (Å²) in [7, 11) is 0. The lowest BCUT2D eigenvalue weighted by atomic mass is 9.90. The molecular formula is C17H22N4O2S. The van der Waals surface area contributed by atoms with Crippen LogP contribution in [0.25, 0.3) is 10.2 Å². The van der Waals surface area contributed by atoms with Crippen LogP contribution in [0.15, 0.2) is 9.90 Å². The van der Waals surface area contributed by atoms with Gasteiger partial charge in [0.15, 0.2) is 0 Å². The second-order valence-electron chi connectivity index (χ2n) is 6.36. The Labute approximate surface area is 144 Å². The van der Waals surface area contributed by atoms with Crippen molar-refractivity contribution in [2.45, 2.75) is 52.4 Å². The Hall–Kier alpha value is -2.02. The Bertz CT molecular complexity index is 831. The smallest absolute Gasteiger partial charge is 0.259 e. The van der Waals surface area contributed by atoms with Crippen molar-refractivity contribution in [3.63, 3.8) is 0 Å². The summed E-state index contributed by atoms with van der Waals surface area (Å²) in [5, 5.41) is 4.67. The third kappa shape index (κ3) is 3.72. The van der Waals surface area contributed by atoms with E-state index in [1.165, 1.54) is 30.6 Å². The van der Waals surface area contributed by atoms with Gasteiger partial charge in [-0.3, -0.25) is 9.59 Å².